The van der Waals surface area contributed by atoms with Crippen LogP contribution in [0.4, 0.5) is 0 Å². The molecule has 0 radical (unpaired) electrons. The normalized spacial score (nSPS) is 31.2. The molecule has 2 aliphatic carbocycles. The minimum atomic E-state index is 0.583. The topological polar surface area (TPSA) is 9.23 Å². The van der Waals surface area contributed by atoms with Crippen molar-refractivity contribution in [3.8, 4) is 0 Å². The summed E-state index contributed by atoms with van der Waals surface area (Å²) in [6.07, 6.45) is 24.0. The lowest BCUT2D eigenvalue weighted by molar-refractivity contribution is 0.0134. The van der Waals surface area contributed by atoms with Crippen LogP contribution in [0.2, 0.25) is 0 Å². The van der Waals surface area contributed by atoms with Crippen molar-refractivity contribution in [1.82, 2.24) is 0 Å². The predicted octanol–water partition coefficient (Wildman–Crippen LogP) is 7.53. The second kappa shape index (κ2) is 12.3. The summed E-state index contributed by atoms with van der Waals surface area (Å²) < 4.78 is 5.82. The zero-order valence-electron chi connectivity index (χ0n) is 16.7. The molecule has 0 aromatic carbocycles. The third kappa shape index (κ3) is 7.46. The Labute approximate surface area is 152 Å². The van der Waals surface area contributed by atoms with Gasteiger partial charge in [-0.1, -0.05) is 71.1 Å². The van der Waals surface area contributed by atoms with Gasteiger partial charge in [-0.25, -0.2) is 0 Å². The summed E-state index contributed by atoms with van der Waals surface area (Å²) in [5, 5.41) is 0. The van der Waals surface area contributed by atoms with Crippen LogP contribution in [-0.2, 0) is 4.74 Å². The molecular formula is C23H44O. The molecule has 0 unspecified atom stereocenters. The summed E-state index contributed by atoms with van der Waals surface area (Å²) in [5.74, 6) is 3.15. The lowest BCUT2D eigenvalue weighted by Crippen LogP contribution is -2.28. The Morgan fingerprint density at radius 2 is 1.17 bits per heavy atom. The molecule has 2 rings (SSSR count). The lowest BCUT2D eigenvalue weighted by atomic mass is 9.70. The highest BCUT2D eigenvalue weighted by Gasteiger charge is 2.30. The molecule has 2 saturated carbocycles. The van der Waals surface area contributed by atoms with Crippen molar-refractivity contribution in [1.29, 1.82) is 0 Å². The Morgan fingerprint density at radius 3 is 1.75 bits per heavy atom. The van der Waals surface area contributed by atoms with E-state index in [9.17, 15) is 0 Å². The number of hydrogen-bond acceptors (Lipinski definition) is 1. The van der Waals surface area contributed by atoms with Crippen LogP contribution in [0.5, 0.6) is 0 Å². The maximum atomic E-state index is 5.82. The van der Waals surface area contributed by atoms with Gasteiger partial charge >= 0.3 is 0 Å². The fraction of sp³-hybridized carbons (Fsp3) is 1.00. The second-order valence-corrected chi connectivity index (χ2v) is 8.68. The van der Waals surface area contributed by atoms with Gasteiger partial charge in [-0.3, -0.25) is 0 Å². The highest BCUT2D eigenvalue weighted by atomic mass is 16.5. The van der Waals surface area contributed by atoms with Crippen LogP contribution in [0.25, 0.3) is 0 Å². The predicted molar refractivity (Wildman–Crippen MR) is 105 cm³/mol. The molecule has 24 heavy (non-hydrogen) atoms. The second-order valence-electron chi connectivity index (χ2n) is 8.68. The molecule has 0 N–H and O–H groups in total. The van der Waals surface area contributed by atoms with E-state index in [2.05, 4.69) is 13.8 Å². The van der Waals surface area contributed by atoms with Crippen LogP contribution in [0.1, 0.15) is 117 Å². The molecule has 142 valence electrons. The SMILES string of the molecule is CCCCCCCCC[C@H]1CC[C@H]([C@H]2CC[C@H](OCC)CC2)CC1. The molecule has 0 aromatic rings. The van der Waals surface area contributed by atoms with Crippen molar-refractivity contribution >= 4 is 0 Å². The summed E-state index contributed by atoms with van der Waals surface area (Å²) in [4.78, 5) is 0. The molecular weight excluding hydrogens is 292 g/mol. The van der Waals surface area contributed by atoms with Crippen molar-refractivity contribution in [3.63, 3.8) is 0 Å². The molecule has 0 heterocycles. The van der Waals surface area contributed by atoms with Gasteiger partial charge in [0.2, 0.25) is 0 Å². The largest absolute Gasteiger partial charge is 0.379 e. The summed E-state index contributed by atoms with van der Waals surface area (Å²) in [6, 6.07) is 0. The van der Waals surface area contributed by atoms with Gasteiger partial charge in [0.05, 0.1) is 6.10 Å². The fourth-order valence-corrected chi connectivity index (χ4v) is 5.30. The van der Waals surface area contributed by atoms with E-state index in [1.165, 1.54) is 103 Å². The Balaban J connectivity index is 1.49. The zero-order chi connectivity index (χ0) is 17.0. The Hall–Kier alpha value is -0.0400. The summed E-state index contributed by atoms with van der Waals surface area (Å²) in [6.45, 7) is 5.35. The van der Waals surface area contributed by atoms with E-state index in [1.54, 1.807) is 0 Å². The number of ether oxygens (including phenoxy) is 1. The molecule has 0 spiro atoms. The van der Waals surface area contributed by atoms with Crippen LogP contribution in [0.3, 0.4) is 0 Å². The van der Waals surface area contributed by atoms with Gasteiger partial charge in [0.15, 0.2) is 0 Å². The maximum Gasteiger partial charge on any atom is 0.0575 e. The molecule has 0 amide bonds. The van der Waals surface area contributed by atoms with Crippen molar-refractivity contribution in [2.45, 2.75) is 123 Å². The number of rotatable bonds is 11. The molecule has 1 nitrogen and oxygen atoms in total. The Bertz CT molecular complexity index is 284. The van der Waals surface area contributed by atoms with Crippen LogP contribution < -0.4 is 0 Å². The van der Waals surface area contributed by atoms with Crippen LogP contribution in [-0.4, -0.2) is 12.7 Å². The standard InChI is InChI=1S/C23H44O/c1-3-5-6-7-8-9-10-11-20-12-14-21(15-13-20)22-16-18-23(19-17-22)24-4-2/h20-23H,3-19H2,1-2H3/t20-,21-,22-,23-. The maximum absolute atomic E-state index is 5.82. The molecule has 0 saturated heterocycles. The van der Waals surface area contributed by atoms with Gasteiger partial charge < -0.3 is 4.74 Å². The molecule has 2 aliphatic rings. The lowest BCUT2D eigenvalue weighted by Gasteiger charge is -2.37. The van der Waals surface area contributed by atoms with Gasteiger partial charge in [-0.15, -0.1) is 0 Å². The average Bonchev–Trinajstić information content (AvgIpc) is 2.62. The molecule has 1 heteroatoms. The van der Waals surface area contributed by atoms with E-state index in [-0.39, 0.29) is 0 Å². The third-order valence-electron chi connectivity index (χ3n) is 6.90. The van der Waals surface area contributed by atoms with Crippen LogP contribution in [0.15, 0.2) is 0 Å². The average molecular weight is 337 g/mol. The molecule has 2 fully saturated rings. The minimum Gasteiger partial charge on any atom is -0.379 e. The van der Waals surface area contributed by atoms with Crippen molar-refractivity contribution in [3.05, 3.63) is 0 Å². The molecule has 0 aliphatic heterocycles. The molecule has 0 bridgehead atoms. The summed E-state index contributed by atoms with van der Waals surface area (Å²) >= 11 is 0. The van der Waals surface area contributed by atoms with E-state index >= 15 is 0 Å². The highest BCUT2D eigenvalue weighted by molar-refractivity contribution is 4.82. The first-order valence-electron chi connectivity index (χ1n) is 11.4. The van der Waals surface area contributed by atoms with Crippen molar-refractivity contribution in [2.24, 2.45) is 17.8 Å². The monoisotopic (exact) mass is 336 g/mol. The van der Waals surface area contributed by atoms with Crippen LogP contribution >= 0.6 is 0 Å². The van der Waals surface area contributed by atoms with Crippen molar-refractivity contribution < 1.29 is 4.74 Å². The smallest absolute Gasteiger partial charge is 0.0575 e. The first-order chi connectivity index (χ1) is 11.8. The Kier molecular flexibility index (Phi) is 10.4. The molecule has 0 aromatic heterocycles. The van der Waals surface area contributed by atoms with Crippen LogP contribution in [0, 0.1) is 17.8 Å². The van der Waals surface area contributed by atoms with E-state index in [1.807, 2.05) is 0 Å². The molecule has 0 atom stereocenters. The van der Waals surface area contributed by atoms with Gasteiger partial charge in [-0.2, -0.15) is 0 Å². The fourth-order valence-electron chi connectivity index (χ4n) is 5.30. The minimum absolute atomic E-state index is 0.583. The van der Waals surface area contributed by atoms with E-state index in [0.29, 0.717) is 6.10 Å². The number of unbranched alkanes of at least 4 members (excludes halogenated alkanes) is 6. The van der Waals surface area contributed by atoms with Gasteiger partial charge in [0, 0.05) is 6.61 Å². The van der Waals surface area contributed by atoms with Crippen molar-refractivity contribution in [2.75, 3.05) is 6.61 Å². The van der Waals surface area contributed by atoms with E-state index in [4.69, 9.17) is 4.74 Å². The quantitative estimate of drug-likeness (QED) is 0.354. The van der Waals surface area contributed by atoms with E-state index < -0.39 is 0 Å². The van der Waals surface area contributed by atoms with Gasteiger partial charge in [0.1, 0.15) is 0 Å². The summed E-state index contributed by atoms with van der Waals surface area (Å²) in [7, 11) is 0. The van der Waals surface area contributed by atoms with Gasteiger partial charge in [0.25, 0.3) is 0 Å². The summed E-state index contributed by atoms with van der Waals surface area (Å²) in [5.41, 5.74) is 0. The Morgan fingerprint density at radius 1 is 0.625 bits per heavy atom. The highest BCUT2D eigenvalue weighted by Crippen LogP contribution is 2.41. The third-order valence-corrected chi connectivity index (χ3v) is 6.90. The first kappa shape index (κ1) is 20.3. The van der Waals surface area contributed by atoms with E-state index in [0.717, 1.165) is 24.4 Å². The number of hydrogen-bond donors (Lipinski definition) is 0. The van der Waals surface area contributed by atoms with Gasteiger partial charge in [-0.05, 0) is 63.2 Å². The first-order valence-corrected chi connectivity index (χ1v) is 11.4. The zero-order valence-corrected chi connectivity index (χ0v) is 16.7.